The summed E-state index contributed by atoms with van der Waals surface area (Å²) in [4.78, 5) is 26.0. The smallest absolute Gasteiger partial charge is 0.354 e. The van der Waals surface area contributed by atoms with Gasteiger partial charge in [-0.05, 0) is 37.9 Å². The molecule has 6 heteroatoms. The molecule has 1 fully saturated rings. The first-order chi connectivity index (χ1) is 9.16. The molecule has 1 aromatic heterocycles. The van der Waals surface area contributed by atoms with Crippen LogP contribution in [-0.2, 0) is 0 Å². The second-order valence-corrected chi connectivity index (χ2v) is 4.58. The molecule has 0 aliphatic heterocycles. The fourth-order valence-electron chi connectivity index (χ4n) is 1.64. The minimum atomic E-state index is -1.10. The van der Waals surface area contributed by atoms with Crippen molar-refractivity contribution in [2.45, 2.75) is 25.3 Å². The Bertz CT molecular complexity index is 455. The number of nitrogens with one attached hydrogen (secondary N) is 2. The van der Waals surface area contributed by atoms with Gasteiger partial charge in [0.05, 0.1) is 5.56 Å². The van der Waals surface area contributed by atoms with Crippen molar-refractivity contribution in [1.82, 2.24) is 15.6 Å². The van der Waals surface area contributed by atoms with Crippen molar-refractivity contribution in [2.24, 2.45) is 0 Å². The van der Waals surface area contributed by atoms with Crippen LogP contribution in [0.4, 0.5) is 0 Å². The van der Waals surface area contributed by atoms with Gasteiger partial charge in [-0.1, -0.05) is 0 Å². The predicted molar refractivity (Wildman–Crippen MR) is 69.2 cm³/mol. The quantitative estimate of drug-likeness (QED) is 0.628. The maximum atomic E-state index is 11.7. The number of amides is 1. The molecule has 0 aromatic carbocycles. The number of carboxylic acids is 1. The van der Waals surface area contributed by atoms with Crippen molar-refractivity contribution in [3.63, 3.8) is 0 Å². The van der Waals surface area contributed by atoms with E-state index >= 15 is 0 Å². The summed E-state index contributed by atoms with van der Waals surface area (Å²) in [5.74, 6) is -1.33. The van der Waals surface area contributed by atoms with Crippen LogP contribution in [0, 0.1) is 0 Å². The van der Waals surface area contributed by atoms with E-state index < -0.39 is 5.97 Å². The summed E-state index contributed by atoms with van der Waals surface area (Å²) >= 11 is 0. The normalized spacial score (nSPS) is 14.1. The van der Waals surface area contributed by atoms with Crippen LogP contribution in [0.15, 0.2) is 18.3 Å². The molecule has 0 atom stereocenters. The third kappa shape index (κ3) is 4.33. The second kappa shape index (κ2) is 6.29. The molecule has 1 aliphatic rings. The SMILES string of the molecule is O=C(NCCCNC1CC1)c1ccc(C(=O)O)nc1. The van der Waals surface area contributed by atoms with Gasteiger partial charge in [0, 0.05) is 18.8 Å². The van der Waals surface area contributed by atoms with Crippen LogP contribution in [0.3, 0.4) is 0 Å². The highest BCUT2D eigenvalue weighted by molar-refractivity contribution is 5.94. The molecule has 3 N–H and O–H groups in total. The minimum Gasteiger partial charge on any atom is -0.477 e. The van der Waals surface area contributed by atoms with Gasteiger partial charge in [0.25, 0.3) is 5.91 Å². The third-order valence-electron chi connectivity index (χ3n) is 2.89. The Balaban J connectivity index is 1.70. The van der Waals surface area contributed by atoms with Gasteiger partial charge in [-0.25, -0.2) is 9.78 Å². The number of aromatic nitrogens is 1. The van der Waals surface area contributed by atoms with Gasteiger partial charge in [-0.2, -0.15) is 0 Å². The van der Waals surface area contributed by atoms with E-state index in [9.17, 15) is 9.59 Å². The lowest BCUT2D eigenvalue weighted by molar-refractivity contribution is 0.0689. The zero-order valence-electron chi connectivity index (χ0n) is 10.6. The molecule has 1 heterocycles. The van der Waals surface area contributed by atoms with E-state index in [2.05, 4.69) is 15.6 Å². The number of carboxylic acid groups (broad SMARTS) is 1. The van der Waals surface area contributed by atoms with E-state index in [1.54, 1.807) is 0 Å². The standard InChI is InChI=1S/C13H17N3O3/c17-12(15-7-1-6-14-10-3-4-10)9-2-5-11(13(18)19)16-8-9/h2,5,8,10,14H,1,3-4,6-7H2,(H,15,17)(H,18,19). The van der Waals surface area contributed by atoms with Gasteiger partial charge >= 0.3 is 5.97 Å². The number of hydrogen-bond acceptors (Lipinski definition) is 4. The fourth-order valence-corrected chi connectivity index (χ4v) is 1.64. The van der Waals surface area contributed by atoms with E-state index in [4.69, 9.17) is 5.11 Å². The molecule has 1 saturated carbocycles. The molecule has 2 rings (SSSR count). The molecule has 6 nitrogen and oxygen atoms in total. The Kier molecular flexibility index (Phi) is 4.46. The molecule has 0 spiro atoms. The number of pyridine rings is 1. The Morgan fingerprint density at radius 2 is 2.11 bits per heavy atom. The third-order valence-corrected chi connectivity index (χ3v) is 2.89. The zero-order valence-corrected chi connectivity index (χ0v) is 10.6. The summed E-state index contributed by atoms with van der Waals surface area (Å²) in [6, 6.07) is 3.48. The van der Waals surface area contributed by atoms with Crippen molar-refractivity contribution in [3.8, 4) is 0 Å². The van der Waals surface area contributed by atoms with E-state index in [0.29, 0.717) is 18.2 Å². The van der Waals surface area contributed by atoms with Crippen LogP contribution in [-0.4, -0.2) is 41.1 Å². The predicted octanol–water partition coefficient (Wildman–Crippen LogP) is 0.652. The van der Waals surface area contributed by atoms with Crippen molar-refractivity contribution in [2.75, 3.05) is 13.1 Å². The first kappa shape index (κ1) is 13.5. The number of aromatic carboxylic acids is 1. The molecule has 0 saturated heterocycles. The van der Waals surface area contributed by atoms with Gasteiger partial charge < -0.3 is 15.7 Å². The number of nitrogens with zero attached hydrogens (tertiary/aromatic N) is 1. The molecular weight excluding hydrogens is 246 g/mol. The highest BCUT2D eigenvalue weighted by atomic mass is 16.4. The van der Waals surface area contributed by atoms with E-state index in [-0.39, 0.29) is 11.6 Å². The van der Waals surface area contributed by atoms with E-state index in [1.807, 2.05) is 0 Å². The van der Waals surface area contributed by atoms with Crippen LogP contribution in [0.2, 0.25) is 0 Å². The lowest BCUT2D eigenvalue weighted by Gasteiger charge is -2.05. The largest absolute Gasteiger partial charge is 0.477 e. The van der Waals surface area contributed by atoms with Gasteiger partial charge in [0.15, 0.2) is 0 Å². The molecular formula is C13H17N3O3. The summed E-state index contributed by atoms with van der Waals surface area (Å²) in [5, 5.41) is 14.8. The first-order valence-electron chi connectivity index (χ1n) is 6.38. The molecule has 0 unspecified atom stereocenters. The van der Waals surface area contributed by atoms with E-state index in [0.717, 1.165) is 13.0 Å². The molecule has 0 radical (unpaired) electrons. The van der Waals surface area contributed by atoms with Crippen molar-refractivity contribution < 1.29 is 14.7 Å². The highest BCUT2D eigenvalue weighted by Crippen LogP contribution is 2.18. The Morgan fingerprint density at radius 1 is 1.32 bits per heavy atom. The molecule has 1 aliphatic carbocycles. The van der Waals surface area contributed by atoms with Gasteiger partial charge in [0.1, 0.15) is 5.69 Å². The van der Waals surface area contributed by atoms with Crippen LogP contribution < -0.4 is 10.6 Å². The molecule has 1 amide bonds. The van der Waals surface area contributed by atoms with Gasteiger partial charge in [-0.15, -0.1) is 0 Å². The van der Waals surface area contributed by atoms with Crippen LogP contribution >= 0.6 is 0 Å². The Hall–Kier alpha value is -1.95. The van der Waals surface area contributed by atoms with Gasteiger partial charge in [0.2, 0.25) is 0 Å². The van der Waals surface area contributed by atoms with Crippen LogP contribution in [0.1, 0.15) is 40.1 Å². The van der Waals surface area contributed by atoms with Crippen molar-refractivity contribution in [3.05, 3.63) is 29.6 Å². The Labute approximate surface area is 111 Å². The summed E-state index contributed by atoms with van der Waals surface area (Å²) in [7, 11) is 0. The minimum absolute atomic E-state index is 0.0646. The van der Waals surface area contributed by atoms with Crippen LogP contribution in [0.5, 0.6) is 0 Å². The molecule has 0 bridgehead atoms. The van der Waals surface area contributed by atoms with Crippen LogP contribution in [0.25, 0.3) is 0 Å². The van der Waals surface area contributed by atoms with Crippen molar-refractivity contribution >= 4 is 11.9 Å². The van der Waals surface area contributed by atoms with E-state index in [1.165, 1.54) is 31.2 Å². The first-order valence-corrected chi connectivity index (χ1v) is 6.38. The number of carbonyl (C=O) groups is 2. The topological polar surface area (TPSA) is 91.3 Å². The number of rotatable bonds is 7. The molecule has 19 heavy (non-hydrogen) atoms. The number of hydrogen-bond donors (Lipinski definition) is 3. The maximum absolute atomic E-state index is 11.7. The van der Waals surface area contributed by atoms with Gasteiger partial charge in [-0.3, -0.25) is 4.79 Å². The summed E-state index contributed by atoms with van der Waals surface area (Å²) in [6.07, 6.45) is 4.67. The molecule has 1 aromatic rings. The lowest BCUT2D eigenvalue weighted by atomic mass is 10.2. The second-order valence-electron chi connectivity index (χ2n) is 4.58. The summed E-state index contributed by atoms with van der Waals surface area (Å²) in [6.45, 7) is 1.50. The lowest BCUT2D eigenvalue weighted by Crippen LogP contribution is -2.28. The number of carbonyl (C=O) groups excluding carboxylic acids is 1. The highest BCUT2D eigenvalue weighted by Gasteiger charge is 2.19. The monoisotopic (exact) mass is 263 g/mol. The summed E-state index contributed by atoms with van der Waals surface area (Å²) < 4.78 is 0. The van der Waals surface area contributed by atoms with Crippen molar-refractivity contribution in [1.29, 1.82) is 0 Å². The molecule has 102 valence electrons. The maximum Gasteiger partial charge on any atom is 0.354 e. The average Bonchev–Trinajstić information content (AvgIpc) is 3.22. The zero-order chi connectivity index (χ0) is 13.7. The fraction of sp³-hybridized carbons (Fsp3) is 0.462. The Morgan fingerprint density at radius 3 is 2.68 bits per heavy atom. The summed E-state index contributed by atoms with van der Waals surface area (Å²) in [5.41, 5.74) is 0.310. The average molecular weight is 263 g/mol.